The van der Waals surface area contributed by atoms with E-state index in [1.807, 2.05) is 62.4 Å². The van der Waals surface area contributed by atoms with Gasteiger partial charge in [-0.25, -0.2) is 0 Å². The fourth-order valence-electron chi connectivity index (χ4n) is 3.00. The SMILES string of the molecule is Cc1cc(C(=O)N(C)c2ccccc2)c(=O)n(Cc2cccc(Cl)c2)c1C. The van der Waals surface area contributed by atoms with Gasteiger partial charge in [0.15, 0.2) is 0 Å². The van der Waals surface area contributed by atoms with E-state index >= 15 is 0 Å². The van der Waals surface area contributed by atoms with Gasteiger partial charge in [-0.15, -0.1) is 0 Å². The number of carbonyl (C=O) groups excluding carboxylic acids is 1. The van der Waals surface area contributed by atoms with E-state index in [1.165, 1.54) is 4.90 Å². The molecule has 0 saturated heterocycles. The minimum Gasteiger partial charge on any atom is -0.311 e. The lowest BCUT2D eigenvalue weighted by Crippen LogP contribution is -2.35. The van der Waals surface area contributed by atoms with Crippen molar-refractivity contribution < 1.29 is 4.79 Å². The maximum absolute atomic E-state index is 13.1. The summed E-state index contributed by atoms with van der Waals surface area (Å²) in [6.07, 6.45) is 0. The molecule has 0 unspecified atom stereocenters. The van der Waals surface area contributed by atoms with Crippen LogP contribution in [0.5, 0.6) is 0 Å². The molecule has 0 aliphatic heterocycles. The molecule has 5 heteroatoms. The molecule has 1 amide bonds. The van der Waals surface area contributed by atoms with E-state index in [2.05, 4.69) is 0 Å². The number of carbonyl (C=O) groups is 1. The van der Waals surface area contributed by atoms with Crippen LogP contribution in [-0.4, -0.2) is 17.5 Å². The summed E-state index contributed by atoms with van der Waals surface area (Å²) in [6, 6.07) is 18.3. The Morgan fingerprint density at radius 2 is 1.74 bits per heavy atom. The van der Waals surface area contributed by atoms with Gasteiger partial charge in [0, 0.05) is 23.5 Å². The molecule has 0 aliphatic rings. The lowest BCUT2D eigenvalue weighted by molar-refractivity contribution is 0.0991. The van der Waals surface area contributed by atoms with Crippen LogP contribution >= 0.6 is 11.6 Å². The van der Waals surface area contributed by atoms with Crippen LogP contribution in [-0.2, 0) is 6.54 Å². The zero-order chi connectivity index (χ0) is 19.6. The first-order valence-corrected chi connectivity index (χ1v) is 9.05. The molecule has 0 aliphatic carbocycles. The second-order valence-electron chi connectivity index (χ2n) is 6.55. The number of para-hydroxylation sites is 1. The van der Waals surface area contributed by atoms with Gasteiger partial charge in [0.05, 0.1) is 6.54 Å². The fourth-order valence-corrected chi connectivity index (χ4v) is 3.22. The number of hydrogen-bond donors (Lipinski definition) is 0. The van der Waals surface area contributed by atoms with Crippen LogP contribution in [0, 0.1) is 13.8 Å². The van der Waals surface area contributed by atoms with E-state index in [4.69, 9.17) is 11.6 Å². The highest BCUT2D eigenvalue weighted by Gasteiger charge is 2.20. The van der Waals surface area contributed by atoms with Crippen molar-refractivity contribution in [1.82, 2.24) is 4.57 Å². The molecule has 3 rings (SSSR count). The Balaban J connectivity index is 2.03. The predicted octanol–water partition coefficient (Wildman–Crippen LogP) is 4.44. The standard InChI is InChI=1S/C22H21ClN2O2/c1-15-12-20(21(26)24(3)19-10-5-4-6-11-19)22(27)25(16(15)2)14-17-8-7-9-18(23)13-17/h4-13H,14H2,1-3H3. The molecule has 0 spiro atoms. The van der Waals surface area contributed by atoms with Crippen molar-refractivity contribution in [2.45, 2.75) is 20.4 Å². The van der Waals surface area contributed by atoms with Gasteiger partial charge in [-0.05, 0) is 55.3 Å². The van der Waals surface area contributed by atoms with Gasteiger partial charge in [-0.1, -0.05) is 41.9 Å². The van der Waals surface area contributed by atoms with Gasteiger partial charge >= 0.3 is 0 Å². The molecule has 0 N–H and O–H groups in total. The lowest BCUT2D eigenvalue weighted by Gasteiger charge is -2.19. The van der Waals surface area contributed by atoms with Gasteiger partial charge in [0.25, 0.3) is 11.5 Å². The quantitative estimate of drug-likeness (QED) is 0.671. The molecule has 138 valence electrons. The van der Waals surface area contributed by atoms with Crippen LogP contribution in [0.4, 0.5) is 5.69 Å². The number of halogens is 1. The normalized spacial score (nSPS) is 10.7. The largest absolute Gasteiger partial charge is 0.311 e. The van der Waals surface area contributed by atoms with Gasteiger partial charge in [-0.3, -0.25) is 9.59 Å². The van der Waals surface area contributed by atoms with Crippen LogP contribution in [0.2, 0.25) is 5.02 Å². The maximum Gasteiger partial charge on any atom is 0.263 e. The predicted molar refractivity (Wildman–Crippen MR) is 110 cm³/mol. The molecule has 0 atom stereocenters. The summed E-state index contributed by atoms with van der Waals surface area (Å²) in [5, 5.41) is 0.617. The number of nitrogens with zero attached hydrogens (tertiary/aromatic N) is 2. The maximum atomic E-state index is 13.1. The van der Waals surface area contributed by atoms with E-state index in [-0.39, 0.29) is 17.0 Å². The number of aryl methyl sites for hydroxylation is 1. The van der Waals surface area contributed by atoms with Crippen molar-refractivity contribution >= 4 is 23.2 Å². The van der Waals surface area contributed by atoms with E-state index < -0.39 is 0 Å². The number of amides is 1. The third kappa shape index (κ3) is 3.96. The number of aromatic nitrogens is 1. The highest BCUT2D eigenvalue weighted by atomic mass is 35.5. The first-order valence-electron chi connectivity index (χ1n) is 8.67. The van der Waals surface area contributed by atoms with Crippen molar-refractivity contribution in [2.24, 2.45) is 0 Å². The zero-order valence-corrected chi connectivity index (χ0v) is 16.3. The van der Waals surface area contributed by atoms with Crippen LogP contribution in [0.25, 0.3) is 0 Å². The van der Waals surface area contributed by atoms with Crippen LogP contribution < -0.4 is 10.5 Å². The first kappa shape index (κ1) is 18.9. The highest BCUT2D eigenvalue weighted by Crippen LogP contribution is 2.17. The molecular formula is C22H21ClN2O2. The summed E-state index contributed by atoms with van der Waals surface area (Å²) in [5.74, 6) is -0.325. The Kier molecular flexibility index (Phi) is 5.47. The summed E-state index contributed by atoms with van der Waals surface area (Å²) >= 11 is 6.06. The van der Waals surface area contributed by atoms with Crippen molar-refractivity contribution in [2.75, 3.05) is 11.9 Å². The third-order valence-electron chi connectivity index (χ3n) is 4.72. The minimum atomic E-state index is -0.325. The lowest BCUT2D eigenvalue weighted by atomic mass is 10.1. The van der Waals surface area contributed by atoms with Gasteiger partial charge in [0.2, 0.25) is 0 Å². The van der Waals surface area contributed by atoms with E-state index in [9.17, 15) is 9.59 Å². The molecule has 3 aromatic rings. The van der Waals surface area contributed by atoms with Crippen LogP contribution in [0.15, 0.2) is 65.5 Å². The number of pyridine rings is 1. The van der Waals surface area contributed by atoms with Gasteiger partial charge in [0.1, 0.15) is 5.56 Å². The van der Waals surface area contributed by atoms with E-state index in [0.717, 1.165) is 22.5 Å². The average Bonchev–Trinajstić information content (AvgIpc) is 2.67. The molecule has 1 heterocycles. The molecule has 4 nitrogen and oxygen atoms in total. The van der Waals surface area contributed by atoms with Crippen molar-refractivity contribution in [3.05, 3.63) is 98.4 Å². The number of benzene rings is 2. The molecular weight excluding hydrogens is 360 g/mol. The topological polar surface area (TPSA) is 42.3 Å². The van der Waals surface area contributed by atoms with Crippen molar-refractivity contribution in [3.63, 3.8) is 0 Å². The van der Waals surface area contributed by atoms with E-state index in [0.29, 0.717) is 11.6 Å². The molecule has 2 aromatic carbocycles. The number of rotatable bonds is 4. The molecule has 0 fully saturated rings. The van der Waals surface area contributed by atoms with Gasteiger partial charge in [-0.2, -0.15) is 0 Å². The van der Waals surface area contributed by atoms with Gasteiger partial charge < -0.3 is 9.47 Å². The third-order valence-corrected chi connectivity index (χ3v) is 4.96. The second kappa shape index (κ2) is 7.80. The van der Waals surface area contributed by atoms with Crippen molar-refractivity contribution in [1.29, 1.82) is 0 Å². The van der Waals surface area contributed by atoms with Crippen molar-refractivity contribution in [3.8, 4) is 0 Å². The minimum absolute atomic E-state index is 0.159. The number of anilines is 1. The Bertz CT molecular complexity index is 1040. The van der Waals surface area contributed by atoms with Crippen LogP contribution in [0.3, 0.4) is 0 Å². The zero-order valence-electron chi connectivity index (χ0n) is 15.6. The average molecular weight is 381 g/mol. The summed E-state index contributed by atoms with van der Waals surface area (Å²) in [7, 11) is 1.67. The fraction of sp³-hybridized carbons (Fsp3) is 0.182. The molecule has 27 heavy (non-hydrogen) atoms. The molecule has 0 radical (unpaired) electrons. The smallest absolute Gasteiger partial charge is 0.263 e. The summed E-state index contributed by atoms with van der Waals surface area (Å²) in [5.41, 5.74) is 3.23. The summed E-state index contributed by atoms with van der Waals surface area (Å²) in [4.78, 5) is 27.6. The Morgan fingerprint density at radius 3 is 2.41 bits per heavy atom. The molecule has 0 saturated carbocycles. The van der Waals surface area contributed by atoms with E-state index in [1.54, 1.807) is 23.7 Å². The Hall–Kier alpha value is -2.85. The highest BCUT2D eigenvalue weighted by molar-refractivity contribution is 6.30. The van der Waals surface area contributed by atoms with Crippen LogP contribution in [0.1, 0.15) is 27.2 Å². The molecule has 1 aromatic heterocycles. The monoisotopic (exact) mass is 380 g/mol. The Morgan fingerprint density at radius 1 is 1.04 bits per heavy atom. The summed E-state index contributed by atoms with van der Waals surface area (Å²) in [6.45, 7) is 4.15. The first-order chi connectivity index (χ1) is 12.9. The molecule has 0 bridgehead atoms. The Labute approximate surface area is 163 Å². The summed E-state index contributed by atoms with van der Waals surface area (Å²) < 4.78 is 1.63. The second-order valence-corrected chi connectivity index (χ2v) is 6.98. The number of hydrogen-bond acceptors (Lipinski definition) is 2.